The zero-order valence-electron chi connectivity index (χ0n) is 11.7. The van der Waals surface area contributed by atoms with Crippen molar-refractivity contribution in [2.45, 2.75) is 25.9 Å². The van der Waals surface area contributed by atoms with Crippen LogP contribution in [0.5, 0.6) is 5.75 Å². The van der Waals surface area contributed by atoms with Gasteiger partial charge in [-0.15, -0.1) is 0 Å². The molecule has 0 bridgehead atoms. The van der Waals surface area contributed by atoms with Gasteiger partial charge in [-0.1, -0.05) is 0 Å². The van der Waals surface area contributed by atoms with Gasteiger partial charge in [0, 0.05) is 24.2 Å². The average molecular weight is 294 g/mol. The molecule has 21 heavy (non-hydrogen) atoms. The molecule has 0 aromatic heterocycles. The first kappa shape index (κ1) is 15.2. The lowest BCUT2D eigenvalue weighted by molar-refractivity contribution is -0.385. The quantitative estimate of drug-likeness (QED) is 0.587. The molecule has 7 nitrogen and oxygen atoms in total. The second kappa shape index (κ2) is 6.53. The van der Waals surface area contributed by atoms with Gasteiger partial charge in [0.2, 0.25) is 0 Å². The molecule has 114 valence electrons. The van der Waals surface area contributed by atoms with Crippen molar-refractivity contribution in [3.63, 3.8) is 0 Å². The number of hydrogen-bond donors (Lipinski definition) is 2. The number of benzene rings is 1. The first-order valence-electron chi connectivity index (χ1n) is 6.83. The summed E-state index contributed by atoms with van der Waals surface area (Å²) in [4.78, 5) is 21.8. The summed E-state index contributed by atoms with van der Waals surface area (Å²) in [5.41, 5.74) is 0.163. The van der Waals surface area contributed by atoms with E-state index in [0.717, 1.165) is 12.8 Å². The molecular formula is C14H18N2O5. The number of aliphatic hydroxyl groups is 1. The largest absolute Gasteiger partial charge is 0.483 e. The monoisotopic (exact) mass is 294 g/mol. The SMILES string of the molecule is CC(O)c1cc([N+](=O)[O-])ccc1OCC(=O)NCC1CC1. The lowest BCUT2D eigenvalue weighted by atomic mass is 10.1. The first-order chi connectivity index (χ1) is 9.97. The molecule has 0 heterocycles. The number of hydrogen-bond acceptors (Lipinski definition) is 5. The zero-order chi connectivity index (χ0) is 15.4. The number of nitro groups is 1. The molecule has 0 saturated heterocycles. The van der Waals surface area contributed by atoms with Crippen LogP contribution in [0.25, 0.3) is 0 Å². The zero-order valence-corrected chi connectivity index (χ0v) is 11.7. The minimum atomic E-state index is -0.922. The van der Waals surface area contributed by atoms with Crippen LogP contribution in [0.15, 0.2) is 18.2 Å². The molecule has 1 unspecified atom stereocenters. The molecule has 1 aromatic carbocycles. The molecule has 2 N–H and O–H groups in total. The van der Waals surface area contributed by atoms with Gasteiger partial charge >= 0.3 is 0 Å². The number of ether oxygens (including phenoxy) is 1. The maximum Gasteiger partial charge on any atom is 0.270 e. The number of carbonyl (C=O) groups excluding carboxylic acids is 1. The van der Waals surface area contributed by atoms with Gasteiger partial charge in [0.25, 0.3) is 11.6 Å². The number of nitro benzene ring substituents is 1. The second-order valence-corrected chi connectivity index (χ2v) is 5.19. The van der Waals surface area contributed by atoms with E-state index < -0.39 is 11.0 Å². The Bertz CT molecular complexity index is 540. The van der Waals surface area contributed by atoms with Crippen molar-refractivity contribution >= 4 is 11.6 Å². The number of carbonyl (C=O) groups is 1. The van der Waals surface area contributed by atoms with E-state index in [2.05, 4.69) is 5.32 Å². The molecule has 1 amide bonds. The maximum atomic E-state index is 11.6. The summed E-state index contributed by atoms with van der Waals surface area (Å²) in [6.07, 6.45) is 1.38. The number of aliphatic hydroxyl groups excluding tert-OH is 1. The predicted molar refractivity (Wildman–Crippen MR) is 75.0 cm³/mol. The number of non-ortho nitro benzene ring substituents is 1. The highest BCUT2D eigenvalue weighted by molar-refractivity contribution is 5.77. The minimum absolute atomic E-state index is 0.128. The lowest BCUT2D eigenvalue weighted by Crippen LogP contribution is -2.30. The molecule has 1 aromatic rings. The van der Waals surface area contributed by atoms with Crippen LogP contribution in [-0.4, -0.2) is 29.1 Å². The number of amides is 1. The Labute approximate surface area is 122 Å². The molecular weight excluding hydrogens is 276 g/mol. The van der Waals surface area contributed by atoms with Crippen LogP contribution in [0.3, 0.4) is 0 Å². The van der Waals surface area contributed by atoms with Crippen molar-refractivity contribution in [3.05, 3.63) is 33.9 Å². The van der Waals surface area contributed by atoms with Gasteiger partial charge in [0.05, 0.1) is 11.0 Å². The highest BCUT2D eigenvalue weighted by Crippen LogP contribution is 2.29. The average Bonchev–Trinajstić information content (AvgIpc) is 3.26. The van der Waals surface area contributed by atoms with Crippen LogP contribution >= 0.6 is 0 Å². The topological polar surface area (TPSA) is 102 Å². The third-order valence-corrected chi connectivity index (χ3v) is 3.30. The van der Waals surface area contributed by atoms with E-state index in [1.807, 2.05) is 0 Å². The van der Waals surface area contributed by atoms with Gasteiger partial charge in [-0.2, -0.15) is 0 Å². The number of nitrogens with zero attached hydrogens (tertiary/aromatic N) is 1. The predicted octanol–water partition coefficient (Wildman–Crippen LogP) is 1.55. The third-order valence-electron chi connectivity index (χ3n) is 3.30. The van der Waals surface area contributed by atoms with Gasteiger partial charge < -0.3 is 15.2 Å². The highest BCUT2D eigenvalue weighted by Gasteiger charge is 2.22. The standard InChI is InChI=1S/C14H18N2O5/c1-9(17)12-6-11(16(19)20)4-5-13(12)21-8-14(18)15-7-10-2-3-10/h4-6,9-10,17H,2-3,7-8H2,1H3,(H,15,18). The Morgan fingerprint density at radius 1 is 1.57 bits per heavy atom. The Morgan fingerprint density at radius 2 is 2.29 bits per heavy atom. The van der Waals surface area contributed by atoms with Gasteiger partial charge in [0.1, 0.15) is 5.75 Å². The number of rotatable bonds is 7. The van der Waals surface area contributed by atoms with E-state index in [4.69, 9.17) is 4.74 Å². The summed E-state index contributed by atoms with van der Waals surface area (Å²) in [5.74, 6) is 0.621. The second-order valence-electron chi connectivity index (χ2n) is 5.19. The summed E-state index contributed by atoms with van der Waals surface area (Å²) >= 11 is 0. The van der Waals surface area contributed by atoms with Crippen LogP contribution in [-0.2, 0) is 4.79 Å². The van der Waals surface area contributed by atoms with Crippen molar-refractivity contribution in [1.82, 2.24) is 5.32 Å². The van der Waals surface area contributed by atoms with E-state index in [1.54, 1.807) is 0 Å². The summed E-state index contributed by atoms with van der Waals surface area (Å²) in [7, 11) is 0. The van der Waals surface area contributed by atoms with Crippen LogP contribution in [0.2, 0.25) is 0 Å². The molecule has 0 radical (unpaired) electrons. The van der Waals surface area contributed by atoms with E-state index in [1.165, 1.54) is 25.1 Å². The maximum absolute atomic E-state index is 11.6. The lowest BCUT2D eigenvalue weighted by Gasteiger charge is -2.13. The van der Waals surface area contributed by atoms with Gasteiger partial charge in [-0.25, -0.2) is 0 Å². The molecule has 1 fully saturated rings. The van der Waals surface area contributed by atoms with E-state index in [-0.39, 0.29) is 24.0 Å². The fourth-order valence-corrected chi connectivity index (χ4v) is 1.88. The molecule has 0 spiro atoms. The van der Waals surface area contributed by atoms with Crippen LogP contribution in [0, 0.1) is 16.0 Å². The van der Waals surface area contributed by atoms with Crippen LogP contribution in [0.1, 0.15) is 31.4 Å². The molecule has 1 atom stereocenters. The van der Waals surface area contributed by atoms with Crippen LogP contribution in [0.4, 0.5) is 5.69 Å². The van der Waals surface area contributed by atoms with Crippen molar-refractivity contribution in [2.75, 3.05) is 13.2 Å². The van der Waals surface area contributed by atoms with E-state index >= 15 is 0 Å². The molecule has 1 saturated carbocycles. The molecule has 1 aliphatic rings. The smallest absolute Gasteiger partial charge is 0.270 e. The third kappa shape index (κ3) is 4.42. The normalized spacial score (nSPS) is 15.3. The molecule has 0 aliphatic heterocycles. The Hall–Kier alpha value is -2.15. The van der Waals surface area contributed by atoms with Crippen molar-refractivity contribution < 1.29 is 19.6 Å². The summed E-state index contributed by atoms with van der Waals surface area (Å²) in [6.45, 7) is 1.97. The fraction of sp³-hybridized carbons (Fsp3) is 0.500. The minimum Gasteiger partial charge on any atom is -0.483 e. The Kier molecular flexibility index (Phi) is 4.74. The first-order valence-corrected chi connectivity index (χ1v) is 6.83. The summed E-state index contributed by atoms with van der Waals surface area (Å²) in [6, 6.07) is 3.93. The fourth-order valence-electron chi connectivity index (χ4n) is 1.88. The van der Waals surface area contributed by atoms with Crippen molar-refractivity contribution in [1.29, 1.82) is 0 Å². The van der Waals surface area contributed by atoms with Crippen molar-refractivity contribution in [2.24, 2.45) is 5.92 Å². The van der Waals surface area contributed by atoms with Crippen molar-refractivity contribution in [3.8, 4) is 5.75 Å². The highest BCUT2D eigenvalue weighted by atomic mass is 16.6. The van der Waals surface area contributed by atoms with Gasteiger partial charge in [0.15, 0.2) is 6.61 Å². The van der Waals surface area contributed by atoms with E-state index in [0.29, 0.717) is 18.0 Å². The molecule has 2 rings (SSSR count). The van der Waals surface area contributed by atoms with Gasteiger partial charge in [-0.05, 0) is 31.7 Å². The summed E-state index contributed by atoms with van der Waals surface area (Å²) < 4.78 is 5.35. The van der Waals surface area contributed by atoms with Crippen LogP contribution < -0.4 is 10.1 Å². The Balaban J connectivity index is 1.97. The summed E-state index contributed by atoms with van der Waals surface area (Å²) in [5, 5.41) is 23.1. The molecule has 1 aliphatic carbocycles. The Morgan fingerprint density at radius 3 is 2.86 bits per heavy atom. The van der Waals surface area contributed by atoms with Gasteiger partial charge in [-0.3, -0.25) is 14.9 Å². The number of nitrogens with one attached hydrogen (secondary N) is 1. The molecule has 7 heteroatoms. The van der Waals surface area contributed by atoms with E-state index in [9.17, 15) is 20.0 Å².